The largest absolute Gasteiger partial charge is 0.316 e. The molecule has 3 heteroatoms. The Hall–Kier alpha value is -1.35. The number of para-hydroxylation sites is 1. The lowest BCUT2D eigenvalue weighted by Gasteiger charge is -2.17. The third kappa shape index (κ3) is 4.31. The first-order valence-corrected chi connectivity index (χ1v) is 8.23. The van der Waals surface area contributed by atoms with Gasteiger partial charge in [0.1, 0.15) is 0 Å². The minimum atomic E-state index is 0.673. The number of hydrogen-bond donors (Lipinski definition) is 1. The minimum Gasteiger partial charge on any atom is -0.316 e. The highest BCUT2D eigenvalue weighted by Gasteiger charge is 2.14. The van der Waals surface area contributed by atoms with Crippen LogP contribution in [0.15, 0.2) is 24.3 Å². The summed E-state index contributed by atoms with van der Waals surface area (Å²) in [6, 6.07) is 8.54. The lowest BCUT2D eigenvalue weighted by atomic mass is 9.96. The van der Waals surface area contributed by atoms with Crippen LogP contribution >= 0.6 is 0 Å². The van der Waals surface area contributed by atoms with Gasteiger partial charge in [0.15, 0.2) is 0 Å². The van der Waals surface area contributed by atoms with Gasteiger partial charge in [-0.05, 0) is 43.8 Å². The lowest BCUT2D eigenvalue weighted by molar-refractivity contribution is 0.417. The topological polar surface area (TPSA) is 29.9 Å². The maximum atomic E-state index is 4.74. The van der Waals surface area contributed by atoms with Gasteiger partial charge in [0.05, 0.1) is 11.2 Å². The van der Waals surface area contributed by atoms with Crippen LogP contribution in [0.1, 0.15) is 39.3 Å². The van der Waals surface area contributed by atoms with Gasteiger partial charge in [-0.1, -0.05) is 45.4 Å². The van der Waals surface area contributed by atoms with Crippen molar-refractivity contribution in [2.45, 2.75) is 40.0 Å². The number of nitrogens with one attached hydrogen (secondary N) is 1. The van der Waals surface area contributed by atoms with Gasteiger partial charge in [-0.15, -0.1) is 0 Å². The molecule has 0 radical (unpaired) electrons. The Kier molecular flexibility index (Phi) is 5.80. The van der Waals surface area contributed by atoms with Crippen LogP contribution in [-0.2, 0) is 13.5 Å². The molecule has 0 amide bonds. The van der Waals surface area contributed by atoms with Crippen LogP contribution in [0.2, 0.25) is 0 Å². The monoisotopic (exact) mass is 287 g/mol. The third-order valence-electron chi connectivity index (χ3n) is 4.00. The molecular formula is C18H29N3. The molecule has 3 nitrogen and oxygen atoms in total. The normalized spacial score (nSPS) is 13.2. The number of nitrogens with zero attached hydrogens (tertiary/aromatic N) is 2. The summed E-state index contributed by atoms with van der Waals surface area (Å²) in [7, 11) is 2.04. The van der Waals surface area contributed by atoms with Crippen molar-refractivity contribution >= 4 is 10.9 Å². The molecule has 0 aliphatic heterocycles. The van der Waals surface area contributed by atoms with Crippen molar-refractivity contribution < 1.29 is 0 Å². The summed E-state index contributed by atoms with van der Waals surface area (Å²) >= 11 is 0. The molecule has 0 saturated heterocycles. The van der Waals surface area contributed by atoms with Gasteiger partial charge in [-0.3, -0.25) is 4.68 Å². The molecule has 0 bridgehead atoms. The highest BCUT2D eigenvalue weighted by atomic mass is 15.3. The molecule has 116 valence electrons. The number of aromatic nitrogens is 2. The second-order valence-corrected chi connectivity index (χ2v) is 6.50. The summed E-state index contributed by atoms with van der Waals surface area (Å²) < 4.78 is 2.01. The average molecular weight is 287 g/mol. The Balaban J connectivity index is 2.07. The Morgan fingerprint density at radius 2 is 1.95 bits per heavy atom. The van der Waals surface area contributed by atoms with E-state index in [-0.39, 0.29) is 0 Å². The van der Waals surface area contributed by atoms with E-state index in [2.05, 4.69) is 50.4 Å². The molecule has 21 heavy (non-hydrogen) atoms. The number of fused-ring (bicyclic) bond motifs is 1. The number of aryl methyl sites for hydroxylation is 1. The number of benzene rings is 1. The summed E-state index contributed by atoms with van der Waals surface area (Å²) in [6.07, 6.45) is 3.56. The van der Waals surface area contributed by atoms with Crippen molar-refractivity contribution in [2.75, 3.05) is 13.1 Å². The smallest absolute Gasteiger partial charge is 0.0706 e. The van der Waals surface area contributed by atoms with Gasteiger partial charge in [-0.25, -0.2) is 0 Å². The van der Waals surface area contributed by atoms with Gasteiger partial charge < -0.3 is 5.32 Å². The fourth-order valence-electron chi connectivity index (χ4n) is 2.97. The molecular weight excluding hydrogens is 258 g/mol. The van der Waals surface area contributed by atoms with E-state index in [1.165, 1.54) is 29.4 Å². The predicted molar refractivity (Wildman–Crippen MR) is 90.5 cm³/mol. The molecule has 1 N–H and O–H groups in total. The molecule has 0 aliphatic rings. The summed E-state index contributed by atoms with van der Waals surface area (Å²) in [4.78, 5) is 0. The molecule has 0 spiro atoms. The molecule has 1 aromatic carbocycles. The van der Waals surface area contributed by atoms with Gasteiger partial charge in [0.2, 0.25) is 0 Å². The van der Waals surface area contributed by atoms with Gasteiger partial charge in [-0.2, -0.15) is 5.10 Å². The number of hydrogen-bond acceptors (Lipinski definition) is 2. The first kappa shape index (κ1) is 16.0. The van der Waals surface area contributed by atoms with Crippen LogP contribution < -0.4 is 5.32 Å². The van der Waals surface area contributed by atoms with Crippen LogP contribution in [-0.4, -0.2) is 22.9 Å². The molecule has 1 unspecified atom stereocenters. The van der Waals surface area contributed by atoms with Crippen LogP contribution in [0.25, 0.3) is 10.9 Å². The summed E-state index contributed by atoms with van der Waals surface area (Å²) in [5.74, 6) is 1.38. The van der Waals surface area contributed by atoms with Gasteiger partial charge in [0, 0.05) is 12.4 Å². The van der Waals surface area contributed by atoms with Crippen LogP contribution in [0, 0.1) is 11.8 Å². The SMILES string of the molecule is CCCC(CNCC(C)C)Cc1nn(C)c2ccccc12. The Bertz CT molecular complexity index is 557. The van der Waals surface area contributed by atoms with Crippen molar-refractivity contribution in [2.24, 2.45) is 18.9 Å². The van der Waals surface area contributed by atoms with E-state index in [9.17, 15) is 0 Å². The van der Waals surface area contributed by atoms with Crippen molar-refractivity contribution in [3.63, 3.8) is 0 Å². The van der Waals surface area contributed by atoms with Gasteiger partial charge in [0.25, 0.3) is 0 Å². The van der Waals surface area contributed by atoms with Crippen molar-refractivity contribution in [1.29, 1.82) is 0 Å². The highest BCUT2D eigenvalue weighted by molar-refractivity contribution is 5.81. The first-order chi connectivity index (χ1) is 10.1. The number of rotatable bonds is 8. The summed E-state index contributed by atoms with van der Waals surface area (Å²) in [5, 5.41) is 9.66. The van der Waals surface area contributed by atoms with Crippen LogP contribution in [0.3, 0.4) is 0 Å². The molecule has 0 aliphatic carbocycles. The molecule has 1 atom stereocenters. The average Bonchev–Trinajstić information content (AvgIpc) is 2.76. The molecule has 2 rings (SSSR count). The predicted octanol–water partition coefficient (Wildman–Crippen LogP) is 3.78. The molecule has 1 heterocycles. The van der Waals surface area contributed by atoms with Crippen LogP contribution in [0.4, 0.5) is 0 Å². The quantitative estimate of drug-likeness (QED) is 0.801. The van der Waals surface area contributed by atoms with Crippen LogP contribution in [0.5, 0.6) is 0 Å². The third-order valence-corrected chi connectivity index (χ3v) is 4.00. The first-order valence-electron chi connectivity index (χ1n) is 8.23. The van der Waals surface area contributed by atoms with E-state index < -0.39 is 0 Å². The van der Waals surface area contributed by atoms with Crippen molar-refractivity contribution in [1.82, 2.24) is 15.1 Å². The Morgan fingerprint density at radius 1 is 1.19 bits per heavy atom. The zero-order valence-electron chi connectivity index (χ0n) is 13.9. The van der Waals surface area contributed by atoms with E-state index in [0.717, 1.165) is 19.5 Å². The second kappa shape index (κ2) is 7.60. The fraction of sp³-hybridized carbons (Fsp3) is 0.611. The summed E-state index contributed by atoms with van der Waals surface area (Å²) in [6.45, 7) is 8.98. The van der Waals surface area contributed by atoms with E-state index in [0.29, 0.717) is 11.8 Å². The minimum absolute atomic E-state index is 0.673. The molecule has 1 aromatic heterocycles. The second-order valence-electron chi connectivity index (χ2n) is 6.50. The van der Waals surface area contributed by atoms with E-state index in [1.807, 2.05) is 11.7 Å². The zero-order chi connectivity index (χ0) is 15.2. The molecule has 0 saturated carbocycles. The Labute approximate surface area is 128 Å². The zero-order valence-corrected chi connectivity index (χ0v) is 13.9. The Morgan fingerprint density at radius 3 is 2.67 bits per heavy atom. The lowest BCUT2D eigenvalue weighted by Crippen LogP contribution is -2.27. The molecule has 2 aromatic rings. The molecule has 0 fully saturated rings. The fourth-order valence-corrected chi connectivity index (χ4v) is 2.97. The van der Waals surface area contributed by atoms with E-state index >= 15 is 0 Å². The van der Waals surface area contributed by atoms with E-state index in [1.54, 1.807) is 0 Å². The van der Waals surface area contributed by atoms with Crippen molar-refractivity contribution in [3.05, 3.63) is 30.0 Å². The summed E-state index contributed by atoms with van der Waals surface area (Å²) in [5.41, 5.74) is 2.48. The maximum Gasteiger partial charge on any atom is 0.0706 e. The standard InChI is InChI=1S/C18H29N3/c1-5-8-15(13-19-12-14(2)3)11-17-16-9-6-7-10-18(16)21(4)20-17/h6-7,9-10,14-15,19H,5,8,11-13H2,1-4H3. The maximum absolute atomic E-state index is 4.74. The van der Waals surface area contributed by atoms with Crippen molar-refractivity contribution in [3.8, 4) is 0 Å². The van der Waals surface area contributed by atoms with Gasteiger partial charge >= 0.3 is 0 Å². The van der Waals surface area contributed by atoms with E-state index in [4.69, 9.17) is 5.10 Å². The highest BCUT2D eigenvalue weighted by Crippen LogP contribution is 2.21.